The quantitative estimate of drug-likeness (QED) is 0.795. The maximum Gasteiger partial charge on any atom is 0.327 e. The van der Waals surface area contributed by atoms with Gasteiger partial charge in [0, 0.05) is 12.9 Å². The van der Waals surface area contributed by atoms with Gasteiger partial charge in [0.15, 0.2) is 0 Å². The number of aliphatic carboxylic acids is 1. The van der Waals surface area contributed by atoms with Crippen molar-refractivity contribution >= 4 is 23.6 Å². The minimum absolute atomic E-state index is 0.163. The first-order chi connectivity index (χ1) is 7.37. The Morgan fingerprint density at radius 1 is 1.56 bits per heavy atom. The van der Waals surface area contributed by atoms with Gasteiger partial charge < -0.3 is 14.7 Å². The Labute approximate surface area is 99.1 Å². The molecule has 0 aromatic heterocycles. The number of methoxy groups -OCH3 is 1. The third-order valence-corrected chi connectivity index (χ3v) is 3.63. The smallest absolute Gasteiger partial charge is 0.327 e. The predicted octanol–water partition coefficient (Wildman–Crippen LogP) is 0.788. The number of carbonyl (C=O) groups excluding carboxylic acids is 1. The van der Waals surface area contributed by atoms with Gasteiger partial charge in [-0.1, -0.05) is 0 Å². The Morgan fingerprint density at radius 3 is 2.69 bits per heavy atom. The van der Waals surface area contributed by atoms with Crippen molar-refractivity contribution in [1.29, 1.82) is 0 Å². The Balaban J connectivity index is 2.63. The summed E-state index contributed by atoms with van der Waals surface area (Å²) in [5.41, 5.74) is -0.548. The number of hydrogen-bond donors (Lipinski definition) is 1. The molecule has 1 heterocycles. The van der Waals surface area contributed by atoms with Crippen LogP contribution in [0.25, 0.3) is 0 Å². The molecule has 0 aliphatic carbocycles. The van der Waals surface area contributed by atoms with Crippen LogP contribution in [0.1, 0.15) is 20.3 Å². The second-order valence-electron chi connectivity index (χ2n) is 4.36. The molecule has 0 spiro atoms. The van der Waals surface area contributed by atoms with Gasteiger partial charge in [-0.05, 0) is 13.8 Å². The lowest BCUT2D eigenvalue weighted by Gasteiger charge is -2.27. The summed E-state index contributed by atoms with van der Waals surface area (Å²) in [6.45, 7) is 3.62. The van der Waals surface area contributed by atoms with Crippen molar-refractivity contribution in [2.75, 3.05) is 18.7 Å². The van der Waals surface area contributed by atoms with Crippen LogP contribution in [0.2, 0.25) is 0 Å². The molecule has 0 aromatic carbocycles. The second kappa shape index (κ2) is 5.05. The first kappa shape index (κ1) is 13.3. The number of nitrogens with zero attached hydrogens (tertiary/aromatic N) is 1. The highest BCUT2D eigenvalue weighted by molar-refractivity contribution is 7.99. The van der Waals surface area contributed by atoms with E-state index in [9.17, 15) is 9.59 Å². The molecule has 0 unspecified atom stereocenters. The van der Waals surface area contributed by atoms with Gasteiger partial charge in [0.2, 0.25) is 5.91 Å². The molecule has 1 saturated heterocycles. The molecule has 92 valence electrons. The maximum atomic E-state index is 11.9. The molecule has 0 aromatic rings. The van der Waals surface area contributed by atoms with Crippen molar-refractivity contribution in [2.24, 2.45) is 0 Å². The van der Waals surface area contributed by atoms with Crippen molar-refractivity contribution in [3.63, 3.8) is 0 Å². The summed E-state index contributed by atoms with van der Waals surface area (Å²) >= 11 is 1.46. The average Bonchev–Trinajstić information content (AvgIpc) is 2.65. The van der Waals surface area contributed by atoms with E-state index in [-0.39, 0.29) is 12.3 Å². The first-order valence-electron chi connectivity index (χ1n) is 5.02. The molecule has 5 nitrogen and oxygen atoms in total. The van der Waals surface area contributed by atoms with Gasteiger partial charge in [0.1, 0.15) is 6.04 Å². The highest BCUT2D eigenvalue weighted by atomic mass is 32.2. The molecule has 1 atom stereocenters. The summed E-state index contributed by atoms with van der Waals surface area (Å²) in [6.07, 6.45) is 0.202. The maximum absolute atomic E-state index is 11.9. The van der Waals surface area contributed by atoms with Crippen molar-refractivity contribution in [2.45, 2.75) is 31.9 Å². The van der Waals surface area contributed by atoms with E-state index in [1.165, 1.54) is 16.7 Å². The molecule has 1 aliphatic heterocycles. The molecule has 1 aliphatic rings. The second-order valence-corrected chi connectivity index (χ2v) is 5.36. The number of carboxylic acid groups (broad SMARTS) is 1. The van der Waals surface area contributed by atoms with E-state index in [1.54, 1.807) is 7.11 Å². The molecule has 0 radical (unpaired) electrons. The van der Waals surface area contributed by atoms with E-state index in [0.717, 1.165) is 0 Å². The normalized spacial score (nSPS) is 21.2. The zero-order chi connectivity index (χ0) is 12.3. The molecule has 1 amide bonds. The number of amides is 1. The number of rotatable bonds is 4. The molecule has 0 bridgehead atoms. The minimum Gasteiger partial charge on any atom is -0.480 e. The van der Waals surface area contributed by atoms with E-state index in [4.69, 9.17) is 9.84 Å². The van der Waals surface area contributed by atoms with E-state index < -0.39 is 17.6 Å². The molecule has 6 heteroatoms. The van der Waals surface area contributed by atoms with Crippen LogP contribution in [0.4, 0.5) is 0 Å². The fraction of sp³-hybridized carbons (Fsp3) is 0.800. The van der Waals surface area contributed by atoms with E-state index in [2.05, 4.69) is 0 Å². The van der Waals surface area contributed by atoms with Crippen molar-refractivity contribution in [3.05, 3.63) is 0 Å². The van der Waals surface area contributed by atoms with Crippen molar-refractivity contribution < 1.29 is 19.4 Å². The van der Waals surface area contributed by atoms with Crippen LogP contribution in [0, 0.1) is 0 Å². The molecule has 0 saturated carbocycles. The fourth-order valence-electron chi connectivity index (χ4n) is 1.43. The van der Waals surface area contributed by atoms with Crippen LogP contribution in [0.5, 0.6) is 0 Å². The summed E-state index contributed by atoms with van der Waals surface area (Å²) in [4.78, 5) is 24.2. The SMILES string of the molecule is COC(C)(C)CC(=O)N1CSC[C@H]1C(=O)O. The first-order valence-corrected chi connectivity index (χ1v) is 6.18. The van der Waals surface area contributed by atoms with E-state index in [1.807, 2.05) is 13.8 Å². The summed E-state index contributed by atoms with van der Waals surface area (Å²) in [6, 6.07) is -0.690. The Hall–Kier alpha value is -0.750. The van der Waals surface area contributed by atoms with Gasteiger partial charge in [-0.3, -0.25) is 4.79 Å². The Morgan fingerprint density at radius 2 is 2.19 bits per heavy atom. The number of ether oxygens (including phenoxy) is 1. The third-order valence-electron chi connectivity index (χ3n) is 2.62. The van der Waals surface area contributed by atoms with E-state index in [0.29, 0.717) is 11.6 Å². The largest absolute Gasteiger partial charge is 0.480 e. The minimum atomic E-state index is -0.937. The van der Waals surface area contributed by atoms with Crippen molar-refractivity contribution in [3.8, 4) is 0 Å². The van der Waals surface area contributed by atoms with Crippen LogP contribution in [-0.2, 0) is 14.3 Å². The highest BCUT2D eigenvalue weighted by Crippen LogP contribution is 2.24. The van der Waals surface area contributed by atoms with Gasteiger partial charge in [-0.15, -0.1) is 11.8 Å². The van der Waals surface area contributed by atoms with Gasteiger partial charge in [0.25, 0.3) is 0 Å². The Bertz CT molecular complexity index is 293. The van der Waals surface area contributed by atoms with Gasteiger partial charge in [-0.25, -0.2) is 4.79 Å². The molecule has 1 N–H and O–H groups in total. The summed E-state index contributed by atoms with van der Waals surface area (Å²) in [5.74, 6) is -0.179. The number of thioether (sulfide) groups is 1. The fourth-order valence-corrected chi connectivity index (χ4v) is 2.60. The lowest BCUT2D eigenvalue weighted by atomic mass is 10.0. The predicted molar refractivity (Wildman–Crippen MR) is 61.3 cm³/mol. The summed E-state index contributed by atoms with van der Waals surface area (Å²) in [7, 11) is 1.54. The molecule has 1 rings (SSSR count). The zero-order valence-electron chi connectivity index (χ0n) is 9.73. The van der Waals surface area contributed by atoms with Crippen molar-refractivity contribution in [1.82, 2.24) is 4.90 Å². The topological polar surface area (TPSA) is 66.8 Å². The summed E-state index contributed by atoms with van der Waals surface area (Å²) in [5, 5.41) is 8.95. The van der Waals surface area contributed by atoms with E-state index >= 15 is 0 Å². The summed E-state index contributed by atoms with van der Waals surface area (Å²) < 4.78 is 5.16. The third kappa shape index (κ3) is 3.12. The van der Waals surface area contributed by atoms with Crippen LogP contribution < -0.4 is 0 Å². The average molecular weight is 247 g/mol. The van der Waals surface area contributed by atoms with Gasteiger partial charge in [-0.2, -0.15) is 0 Å². The number of carbonyl (C=O) groups is 2. The lowest BCUT2D eigenvalue weighted by molar-refractivity contribution is -0.149. The molecular formula is C10H17NO4S. The molecule has 16 heavy (non-hydrogen) atoms. The van der Waals surface area contributed by atoms with Crippen LogP contribution in [0.15, 0.2) is 0 Å². The molecule has 1 fully saturated rings. The standard InChI is InChI=1S/C10H17NO4S/c1-10(2,15-3)4-8(12)11-6-16-5-7(11)9(13)14/h7H,4-6H2,1-3H3,(H,13,14)/t7-/m0/s1. The van der Waals surface area contributed by atoms with Crippen LogP contribution in [0.3, 0.4) is 0 Å². The van der Waals surface area contributed by atoms with Crippen LogP contribution in [-0.4, -0.2) is 52.3 Å². The lowest BCUT2D eigenvalue weighted by Crippen LogP contribution is -2.44. The highest BCUT2D eigenvalue weighted by Gasteiger charge is 2.36. The zero-order valence-corrected chi connectivity index (χ0v) is 10.5. The monoisotopic (exact) mass is 247 g/mol. The van der Waals surface area contributed by atoms with Crippen LogP contribution >= 0.6 is 11.8 Å². The van der Waals surface area contributed by atoms with Gasteiger partial charge >= 0.3 is 5.97 Å². The number of hydrogen-bond acceptors (Lipinski definition) is 4. The number of carboxylic acids is 1. The Kier molecular flexibility index (Phi) is 4.21. The van der Waals surface area contributed by atoms with Gasteiger partial charge in [0.05, 0.1) is 17.9 Å². The molecular weight excluding hydrogens is 230 g/mol.